The van der Waals surface area contributed by atoms with Crippen molar-refractivity contribution in [1.82, 2.24) is 29.3 Å². The van der Waals surface area contributed by atoms with Crippen molar-refractivity contribution in [3.63, 3.8) is 0 Å². The van der Waals surface area contributed by atoms with E-state index in [2.05, 4.69) is 29.4 Å². The molecule has 0 bridgehead atoms. The molecular weight excluding hydrogens is 430 g/mol. The van der Waals surface area contributed by atoms with Gasteiger partial charge in [-0.2, -0.15) is 10.2 Å². The minimum Gasteiger partial charge on any atom is -0.341 e. The monoisotopic (exact) mass is 464 g/mol. The van der Waals surface area contributed by atoms with Crippen molar-refractivity contribution in [3.05, 3.63) is 42.7 Å². The number of hydrogen-bond donors (Lipinski definition) is 3. The molecule has 1 aliphatic rings. The van der Waals surface area contributed by atoms with Crippen molar-refractivity contribution in [2.75, 3.05) is 19.6 Å². The summed E-state index contributed by atoms with van der Waals surface area (Å²) in [6, 6.07) is 2.65. The molecular formula is C24H34N9O+. The molecule has 1 fully saturated rings. The molecule has 1 saturated heterocycles. The first-order valence-electron chi connectivity index (χ1n) is 12.0. The Kier molecular flexibility index (Phi) is 7.49. The van der Waals surface area contributed by atoms with Crippen LogP contribution in [0.3, 0.4) is 0 Å². The third kappa shape index (κ3) is 4.92. The number of quaternary nitrogens is 1. The van der Waals surface area contributed by atoms with Crippen LogP contribution in [0, 0.1) is 5.41 Å². The van der Waals surface area contributed by atoms with E-state index in [0.717, 1.165) is 42.5 Å². The zero-order valence-electron chi connectivity index (χ0n) is 19.9. The van der Waals surface area contributed by atoms with E-state index in [4.69, 9.17) is 16.1 Å². The Hall–Kier alpha value is -3.37. The first-order valence-corrected chi connectivity index (χ1v) is 12.0. The highest BCUT2D eigenvalue weighted by Gasteiger charge is 2.24. The summed E-state index contributed by atoms with van der Waals surface area (Å²) in [6.07, 6.45) is 14.6. The molecule has 0 saturated carbocycles. The third-order valence-corrected chi connectivity index (χ3v) is 6.65. The number of amides is 1. The molecule has 10 heteroatoms. The molecule has 1 amide bonds. The van der Waals surface area contributed by atoms with Gasteiger partial charge in [0, 0.05) is 43.9 Å². The second kappa shape index (κ2) is 10.7. The highest BCUT2D eigenvalue weighted by molar-refractivity contribution is 6.07. The van der Waals surface area contributed by atoms with Gasteiger partial charge in [0.2, 0.25) is 5.91 Å². The summed E-state index contributed by atoms with van der Waals surface area (Å²) in [4.78, 5) is 18.6. The van der Waals surface area contributed by atoms with Gasteiger partial charge in [0.05, 0.1) is 59.7 Å². The summed E-state index contributed by atoms with van der Waals surface area (Å²) < 4.78 is 3.82. The number of likely N-dealkylation sites (tertiary alicyclic amines) is 1. The fourth-order valence-corrected chi connectivity index (χ4v) is 4.52. The lowest BCUT2D eigenvalue weighted by atomic mass is 10.0. The Morgan fingerprint density at radius 3 is 2.71 bits per heavy atom. The van der Waals surface area contributed by atoms with Crippen LogP contribution in [-0.4, -0.2) is 67.1 Å². The van der Waals surface area contributed by atoms with Crippen LogP contribution in [0.15, 0.2) is 37.1 Å². The van der Waals surface area contributed by atoms with Gasteiger partial charge in [-0.3, -0.25) is 9.48 Å². The maximum absolute atomic E-state index is 11.8. The van der Waals surface area contributed by atoms with Crippen LogP contribution in [0.2, 0.25) is 0 Å². The first kappa shape index (κ1) is 23.8. The number of rotatable bonds is 9. The van der Waals surface area contributed by atoms with E-state index < -0.39 is 0 Å². The summed E-state index contributed by atoms with van der Waals surface area (Å²) >= 11 is 0. The number of nitrogens with one attached hydrogen (secondary N) is 1. The highest BCUT2D eigenvalue weighted by Crippen LogP contribution is 2.26. The number of piperidine rings is 1. The minimum absolute atomic E-state index is 0.00550. The van der Waals surface area contributed by atoms with Crippen LogP contribution >= 0.6 is 0 Å². The molecule has 0 atom stereocenters. The fraction of sp³-hybridized carbons (Fsp3) is 0.458. The van der Waals surface area contributed by atoms with Crippen LogP contribution in [0.4, 0.5) is 0 Å². The summed E-state index contributed by atoms with van der Waals surface area (Å²) in [6.45, 7) is 5.83. The number of aromatic nitrogens is 5. The molecule has 0 spiro atoms. The Morgan fingerprint density at radius 2 is 2.03 bits per heavy atom. The van der Waals surface area contributed by atoms with E-state index in [1.807, 2.05) is 40.4 Å². The predicted octanol–water partition coefficient (Wildman–Crippen LogP) is 1.46. The Labute approximate surface area is 199 Å². The Balaban J connectivity index is 1.58. The number of nitrogens with two attached hydrogens (primary N) is 2. The van der Waals surface area contributed by atoms with Gasteiger partial charge >= 0.3 is 0 Å². The molecule has 0 radical (unpaired) electrons. The SMILES string of the molecule is CCC(CC)n1cc(-c2nc(C(C=N)=C[NH2+]C3CCN(C(=O)CN)CC3)cn3nccc23)cn1. The third-order valence-electron chi connectivity index (χ3n) is 6.65. The molecule has 3 aromatic rings. The zero-order chi connectivity index (χ0) is 24.1. The summed E-state index contributed by atoms with van der Waals surface area (Å²) in [7, 11) is 0. The summed E-state index contributed by atoms with van der Waals surface area (Å²) in [5.41, 5.74) is 9.52. The minimum atomic E-state index is 0.00550. The topological polar surface area (TPSA) is 135 Å². The van der Waals surface area contributed by atoms with E-state index >= 15 is 0 Å². The number of nitrogens with zero attached hydrogens (tertiary/aromatic N) is 6. The number of carbonyl (C=O) groups is 1. The zero-order valence-corrected chi connectivity index (χ0v) is 19.9. The van der Waals surface area contributed by atoms with Crippen molar-refractivity contribution in [2.45, 2.75) is 51.6 Å². The van der Waals surface area contributed by atoms with Gasteiger partial charge in [-0.15, -0.1) is 0 Å². The lowest BCUT2D eigenvalue weighted by molar-refractivity contribution is -0.628. The molecule has 0 unspecified atom stereocenters. The van der Waals surface area contributed by atoms with Crippen molar-refractivity contribution in [2.24, 2.45) is 5.73 Å². The molecule has 5 N–H and O–H groups in total. The van der Waals surface area contributed by atoms with Gasteiger partial charge in [0.1, 0.15) is 6.20 Å². The van der Waals surface area contributed by atoms with Crippen molar-refractivity contribution < 1.29 is 10.1 Å². The van der Waals surface area contributed by atoms with Gasteiger partial charge in [0.15, 0.2) is 0 Å². The van der Waals surface area contributed by atoms with Crippen LogP contribution in [-0.2, 0) is 4.79 Å². The Morgan fingerprint density at radius 1 is 1.26 bits per heavy atom. The Bertz CT molecular complexity index is 1170. The van der Waals surface area contributed by atoms with Crippen LogP contribution in [0.5, 0.6) is 0 Å². The molecule has 4 heterocycles. The quantitative estimate of drug-likeness (QED) is 0.412. The number of fused-ring (bicyclic) bond motifs is 1. The normalized spacial score (nSPS) is 15.4. The standard InChI is InChI=1S/C24H33N9O/c1-3-20(4-2)32-15-18(14-29-32)24-22-5-8-28-33(22)16-21(30-24)17(11-25)13-27-19-6-9-31(10-7-19)23(34)12-26/h5,8,11,13-16,19-20,25,27H,3-4,6-7,9-10,12,26H2,1-2H3/p+1. The number of hydrogen-bond acceptors (Lipinski definition) is 6. The van der Waals surface area contributed by atoms with Crippen molar-refractivity contribution >= 4 is 23.2 Å². The number of carbonyl (C=O) groups excluding carboxylic acids is 1. The van der Waals surface area contributed by atoms with Gasteiger partial charge < -0.3 is 21.4 Å². The molecule has 3 aromatic heterocycles. The second-order valence-corrected chi connectivity index (χ2v) is 8.70. The average Bonchev–Trinajstić information content (AvgIpc) is 3.55. The average molecular weight is 465 g/mol. The van der Waals surface area contributed by atoms with Gasteiger partial charge in [-0.1, -0.05) is 13.8 Å². The summed E-state index contributed by atoms with van der Waals surface area (Å²) in [5, 5.41) is 19.2. The largest absolute Gasteiger partial charge is 0.341 e. The van der Waals surface area contributed by atoms with E-state index in [1.54, 1.807) is 10.7 Å². The smallest absolute Gasteiger partial charge is 0.236 e. The molecule has 10 nitrogen and oxygen atoms in total. The first-order chi connectivity index (χ1) is 16.6. The lowest BCUT2D eigenvalue weighted by Gasteiger charge is -2.29. The van der Waals surface area contributed by atoms with E-state index in [0.29, 0.717) is 36.4 Å². The maximum atomic E-state index is 11.8. The molecule has 4 rings (SSSR count). The number of allylic oxidation sites excluding steroid dienone is 1. The second-order valence-electron chi connectivity index (χ2n) is 8.70. The molecule has 0 aromatic carbocycles. The maximum Gasteiger partial charge on any atom is 0.236 e. The van der Waals surface area contributed by atoms with Gasteiger partial charge in [-0.25, -0.2) is 9.50 Å². The highest BCUT2D eigenvalue weighted by atomic mass is 16.2. The van der Waals surface area contributed by atoms with E-state index in [1.165, 1.54) is 6.21 Å². The summed E-state index contributed by atoms with van der Waals surface area (Å²) in [5.74, 6) is 0.00550. The van der Waals surface area contributed by atoms with Crippen LogP contribution in [0.25, 0.3) is 22.3 Å². The van der Waals surface area contributed by atoms with Gasteiger partial charge in [-0.05, 0) is 18.9 Å². The molecule has 180 valence electrons. The van der Waals surface area contributed by atoms with Crippen molar-refractivity contribution in [3.8, 4) is 11.3 Å². The van der Waals surface area contributed by atoms with Crippen LogP contribution in [0.1, 0.15) is 51.3 Å². The van der Waals surface area contributed by atoms with Crippen LogP contribution < -0.4 is 11.1 Å². The fourth-order valence-electron chi connectivity index (χ4n) is 4.52. The van der Waals surface area contributed by atoms with E-state index in [-0.39, 0.29) is 12.5 Å². The predicted molar refractivity (Wildman–Crippen MR) is 131 cm³/mol. The van der Waals surface area contributed by atoms with Crippen molar-refractivity contribution in [1.29, 1.82) is 5.41 Å². The van der Waals surface area contributed by atoms with E-state index in [9.17, 15) is 4.79 Å². The lowest BCUT2D eigenvalue weighted by Crippen LogP contribution is -2.86. The molecule has 34 heavy (non-hydrogen) atoms. The molecule has 0 aliphatic carbocycles. The molecule has 1 aliphatic heterocycles. The van der Waals surface area contributed by atoms with Gasteiger partial charge in [0.25, 0.3) is 0 Å².